The molecule has 1 aliphatic heterocycles. The van der Waals surface area contributed by atoms with Crippen LogP contribution in [-0.2, 0) is 0 Å². The van der Waals surface area contributed by atoms with Gasteiger partial charge >= 0.3 is 0 Å². The Morgan fingerprint density at radius 1 is 1.64 bits per heavy atom. The van der Waals surface area contributed by atoms with Crippen LogP contribution in [0.4, 0.5) is 4.39 Å². The second-order valence-electron chi connectivity index (χ2n) is 3.02. The van der Waals surface area contributed by atoms with Crippen molar-refractivity contribution in [1.29, 1.82) is 0 Å². The van der Waals surface area contributed by atoms with E-state index in [1.54, 1.807) is 0 Å². The molecule has 4 heteroatoms. The molecule has 0 aromatic heterocycles. The van der Waals surface area contributed by atoms with Crippen molar-refractivity contribution >= 4 is 22.6 Å². The van der Waals surface area contributed by atoms with Gasteiger partial charge in [-0.25, -0.2) is 4.39 Å². The third-order valence-electron chi connectivity index (χ3n) is 2.07. The number of hydrogen-bond acceptors (Lipinski definition) is 2. The number of nitrogens with zero attached hydrogens (tertiary/aromatic N) is 1. The molecule has 66 valence electrons. The first kappa shape index (κ1) is 9.67. The minimum atomic E-state index is -1.31. The summed E-state index contributed by atoms with van der Waals surface area (Å²) in [5.41, 5.74) is -1.31. The van der Waals surface area contributed by atoms with E-state index in [1.807, 2.05) is 0 Å². The minimum absolute atomic E-state index is 0.329. The molecular weight excluding hydrogens is 260 g/mol. The van der Waals surface area contributed by atoms with Crippen LogP contribution < -0.4 is 0 Å². The lowest BCUT2D eigenvalue weighted by Crippen LogP contribution is -2.33. The molecular formula is C7H13FINO. The van der Waals surface area contributed by atoms with Crippen molar-refractivity contribution in [1.82, 2.24) is 4.90 Å². The summed E-state index contributed by atoms with van der Waals surface area (Å²) in [4.78, 5) is 2.06. The van der Waals surface area contributed by atoms with Crippen LogP contribution in [0.3, 0.4) is 0 Å². The van der Waals surface area contributed by atoms with E-state index in [1.165, 1.54) is 0 Å². The number of halogens is 2. The number of aliphatic hydroxyl groups excluding tert-OH is 1. The summed E-state index contributed by atoms with van der Waals surface area (Å²) in [6.07, 6.45) is 0.486. The highest BCUT2D eigenvalue weighted by Crippen LogP contribution is 2.24. The average Bonchev–Trinajstić information content (AvgIpc) is 2.35. The molecule has 1 fully saturated rings. The molecule has 1 heterocycles. The highest BCUT2D eigenvalue weighted by atomic mass is 127. The molecule has 1 unspecified atom stereocenters. The second-order valence-corrected chi connectivity index (χ2v) is 4.10. The van der Waals surface area contributed by atoms with E-state index < -0.39 is 5.67 Å². The third-order valence-corrected chi connectivity index (χ3v) is 2.55. The summed E-state index contributed by atoms with van der Waals surface area (Å²) < 4.78 is 14.3. The SMILES string of the molecule is OCC1(F)CCN(CCI)C1. The first-order valence-corrected chi connectivity index (χ1v) is 5.31. The van der Waals surface area contributed by atoms with E-state index in [0.29, 0.717) is 13.0 Å². The Labute approximate surface area is 79.9 Å². The maximum Gasteiger partial charge on any atom is 0.147 e. The molecule has 1 N–H and O–H groups in total. The van der Waals surface area contributed by atoms with Crippen LogP contribution in [0.15, 0.2) is 0 Å². The fourth-order valence-electron chi connectivity index (χ4n) is 1.36. The highest BCUT2D eigenvalue weighted by molar-refractivity contribution is 14.1. The molecule has 0 amide bonds. The van der Waals surface area contributed by atoms with Gasteiger partial charge in [0.1, 0.15) is 5.67 Å². The van der Waals surface area contributed by atoms with Gasteiger partial charge in [-0.05, 0) is 6.42 Å². The van der Waals surface area contributed by atoms with Gasteiger partial charge in [-0.3, -0.25) is 4.90 Å². The lowest BCUT2D eigenvalue weighted by atomic mass is 10.1. The molecule has 2 nitrogen and oxygen atoms in total. The molecule has 0 aliphatic carbocycles. The highest BCUT2D eigenvalue weighted by Gasteiger charge is 2.36. The molecule has 0 saturated carbocycles. The largest absolute Gasteiger partial charge is 0.393 e. The Hall–Kier alpha value is 0.580. The van der Waals surface area contributed by atoms with Crippen molar-refractivity contribution in [2.75, 3.05) is 30.7 Å². The maximum atomic E-state index is 13.3. The van der Waals surface area contributed by atoms with E-state index in [0.717, 1.165) is 17.5 Å². The predicted molar refractivity (Wildman–Crippen MR) is 50.9 cm³/mol. The van der Waals surface area contributed by atoms with Crippen molar-refractivity contribution in [2.45, 2.75) is 12.1 Å². The quantitative estimate of drug-likeness (QED) is 0.608. The number of rotatable bonds is 3. The van der Waals surface area contributed by atoms with E-state index in [9.17, 15) is 4.39 Å². The standard InChI is InChI=1S/C7H13FINO/c8-7(6-11)1-3-10(5-7)4-2-9/h11H,1-6H2. The molecule has 0 radical (unpaired) electrons. The van der Waals surface area contributed by atoms with Gasteiger partial charge in [-0.2, -0.15) is 0 Å². The van der Waals surface area contributed by atoms with Gasteiger partial charge < -0.3 is 5.11 Å². The lowest BCUT2D eigenvalue weighted by molar-refractivity contribution is 0.0786. The third kappa shape index (κ3) is 2.52. The molecule has 0 bridgehead atoms. The molecule has 0 spiro atoms. The molecule has 1 rings (SSSR count). The minimum Gasteiger partial charge on any atom is -0.393 e. The topological polar surface area (TPSA) is 23.5 Å². The van der Waals surface area contributed by atoms with Crippen LogP contribution >= 0.6 is 22.6 Å². The monoisotopic (exact) mass is 273 g/mol. The average molecular weight is 273 g/mol. The Kier molecular flexibility index (Phi) is 3.52. The summed E-state index contributed by atoms with van der Waals surface area (Å²) in [7, 11) is 0. The van der Waals surface area contributed by atoms with Crippen LogP contribution in [0.2, 0.25) is 0 Å². The van der Waals surface area contributed by atoms with Crippen molar-refractivity contribution in [3.63, 3.8) is 0 Å². The zero-order chi connectivity index (χ0) is 8.32. The first-order valence-electron chi connectivity index (χ1n) is 3.78. The van der Waals surface area contributed by atoms with Crippen LogP contribution in [0.25, 0.3) is 0 Å². The summed E-state index contributed by atoms with van der Waals surface area (Å²) in [6, 6.07) is 0. The lowest BCUT2D eigenvalue weighted by Gasteiger charge is -2.17. The normalized spacial score (nSPS) is 33.0. The van der Waals surface area contributed by atoms with Gasteiger partial charge in [-0.15, -0.1) is 0 Å². The summed E-state index contributed by atoms with van der Waals surface area (Å²) in [6.45, 7) is 1.81. The zero-order valence-corrected chi connectivity index (χ0v) is 8.55. The Bertz CT molecular complexity index is 136. The smallest absolute Gasteiger partial charge is 0.147 e. The Morgan fingerprint density at radius 3 is 2.82 bits per heavy atom. The number of hydrogen-bond donors (Lipinski definition) is 1. The number of alkyl halides is 2. The summed E-state index contributed by atoms with van der Waals surface area (Å²) in [5, 5.41) is 8.71. The zero-order valence-electron chi connectivity index (χ0n) is 6.39. The maximum absolute atomic E-state index is 13.3. The molecule has 1 aliphatic rings. The Morgan fingerprint density at radius 2 is 2.36 bits per heavy atom. The van der Waals surface area contributed by atoms with Crippen molar-refractivity contribution in [3.8, 4) is 0 Å². The van der Waals surface area contributed by atoms with Crippen LogP contribution in [0.5, 0.6) is 0 Å². The fourth-order valence-corrected chi connectivity index (χ4v) is 2.04. The van der Waals surface area contributed by atoms with Gasteiger partial charge in [0.15, 0.2) is 0 Å². The molecule has 1 atom stereocenters. The summed E-state index contributed by atoms with van der Waals surface area (Å²) in [5.74, 6) is 0. The molecule has 0 aromatic rings. The van der Waals surface area contributed by atoms with E-state index in [-0.39, 0.29) is 6.61 Å². The van der Waals surface area contributed by atoms with E-state index >= 15 is 0 Å². The van der Waals surface area contributed by atoms with E-state index in [2.05, 4.69) is 27.5 Å². The van der Waals surface area contributed by atoms with Crippen molar-refractivity contribution in [3.05, 3.63) is 0 Å². The van der Waals surface area contributed by atoms with Gasteiger partial charge in [0.05, 0.1) is 6.61 Å². The predicted octanol–water partition coefficient (Wildman–Crippen LogP) is 0.828. The van der Waals surface area contributed by atoms with Gasteiger partial charge in [0, 0.05) is 24.1 Å². The first-order chi connectivity index (χ1) is 5.20. The Balaban J connectivity index is 2.33. The molecule has 11 heavy (non-hydrogen) atoms. The van der Waals surface area contributed by atoms with Gasteiger partial charge in [-0.1, -0.05) is 22.6 Å². The van der Waals surface area contributed by atoms with Crippen molar-refractivity contribution in [2.24, 2.45) is 0 Å². The van der Waals surface area contributed by atoms with Crippen LogP contribution in [-0.4, -0.2) is 46.3 Å². The van der Waals surface area contributed by atoms with E-state index in [4.69, 9.17) is 5.11 Å². The fraction of sp³-hybridized carbons (Fsp3) is 1.00. The molecule has 0 aromatic carbocycles. The van der Waals surface area contributed by atoms with Crippen LogP contribution in [0.1, 0.15) is 6.42 Å². The van der Waals surface area contributed by atoms with Gasteiger partial charge in [0.2, 0.25) is 0 Å². The number of aliphatic hydroxyl groups is 1. The van der Waals surface area contributed by atoms with Crippen LogP contribution in [0, 0.1) is 0 Å². The van der Waals surface area contributed by atoms with Gasteiger partial charge in [0.25, 0.3) is 0 Å². The number of likely N-dealkylation sites (tertiary alicyclic amines) is 1. The van der Waals surface area contributed by atoms with Crippen molar-refractivity contribution < 1.29 is 9.50 Å². The molecule has 1 saturated heterocycles. The second kappa shape index (κ2) is 4.00. The summed E-state index contributed by atoms with van der Waals surface area (Å²) >= 11 is 2.27.